The summed E-state index contributed by atoms with van der Waals surface area (Å²) in [4.78, 5) is 24.8. The number of halogens is 1. The number of likely N-dealkylation sites (tertiary alicyclic amines) is 1. The van der Waals surface area contributed by atoms with Crippen LogP contribution in [-0.4, -0.2) is 48.5 Å². The number of amides is 1. The Morgan fingerprint density at radius 1 is 1.32 bits per heavy atom. The van der Waals surface area contributed by atoms with Gasteiger partial charge in [-0.15, -0.1) is 12.4 Å². The van der Waals surface area contributed by atoms with Gasteiger partial charge in [0.15, 0.2) is 0 Å². The molecule has 2 rings (SSSR count). The highest BCUT2D eigenvalue weighted by molar-refractivity contribution is 5.94. The van der Waals surface area contributed by atoms with Crippen molar-refractivity contribution in [3.63, 3.8) is 0 Å². The highest BCUT2D eigenvalue weighted by Crippen LogP contribution is 2.22. The van der Waals surface area contributed by atoms with Crippen molar-refractivity contribution in [1.29, 1.82) is 0 Å². The second-order valence-corrected chi connectivity index (χ2v) is 6.34. The van der Waals surface area contributed by atoms with Gasteiger partial charge in [0, 0.05) is 17.8 Å². The number of rotatable bonds is 7. The van der Waals surface area contributed by atoms with Crippen LogP contribution < -0.4 is 10.6 Å². The van der Waals surface area contributed by atoms with E-state index < -0.39 is 4.92 Å². The lowest BCUT2D eigenvalue weighted by Gasteiger charge is -2.35. The van der Waals surface area contributed by atoms with E-state index >= 15 is 0 Å². The molecule has 0 saturated carbocycles. The van der Waals surface area contributed by atoms with E-state index in [0.29, 0.717) is 5.69 Å². The first kappa shape index (κ1) is 21.3. The van der Waals surface area contributed by atoms with Crippen LogP contribution in [0.4, 0.5) is 11.4 Å². The Morgan fingerprint density at radius 2 is 1.92 bits per heavy atom. The standard InChI is InChI=1S/C17H26N4O3.ClH/c1-13(20-11-8-14(9-12-20)7-10-18-2)17(22)19-15-3-5-16(6-4-15)21(23)24;/h3-6,13-14,18H,7-12H2,1-2H3,(H,19,22);1H. The average molecular weight is 371 g/mol. The third-order valence-corrected chi connectivity index (χ3v) is 4.72. The quantitative estimate of drug-likeness (QED) is 0.569. The largest absolute Gasteiger partial charge is 0.325 e. The van der Waals surface area contributed by atoms with E-state index in [1.54, 1.807) is 12.1 Å². The molecule has 2 N–H and O–H groups in total. The number of benzene rings is 1. The minimum atomic E-state index is -0.452. The fourth-order valence-corrected chi connectivity index (χ4v) is 3.06. The molecule has 1 aliphatic rings. The van der Waals surface area contributed by atoms with Crippen LogP contribution in [0.1, 0.15) is 26.2 Å². The van der Waals surface area contributed by atoms with Gasteiger partial charge in [-0.2, -0.15) is 0 Å². The zero-order valence-electron chi connectivity index (χ0n) is 14.7. The van der Waals surface area contributed by atoms with E-state index in [-0.39, 0.29) is 30.0 Å². The first-order valence-electron chi connectivity index (χ1n) is 8.45. The van der Waals surface area contributed by atoms with E-state index in [1.165, 1.54) is 18.6 Å². The summed E-state index contributed by atoms with van der Waals surface area (Å²) in [5.74, 6) is 0.663. The molecule has 8 heteroatoms. The van der Waals surface area contributed by atoms with Crippen LogP contribution in [0.3, 0.4) is 0 Å². The van der Waals surface area contributed by atoms with Crippen molar-refractivity contribution in [1.82, 2.24) is 10.2 Å². The van der Waals surface area contributed by atoms with Gasteiger partial charge in [0.05, 0.1) is 11.0 Å². The Bertz CT molecular complexity index is 560. The maximum Gasteiger partial charge on any atom is 0.269 e. The number of piperidine rings is 1. The highest BCUT2D eigenvalue weighted by atomic mass is 35.5. The number of non-ortho nitro benzene ring substituents is 1. The van der Waals surface area contributed by atoms with Crippen LogP contribution in [0, 0.1) is 16.0 Å². The smallest absolute Gasteiger partial charge is 0.269 e. The van der Waals surface area contributed by atoms with Crippen LogP contribution in [0.5, 0.6) is 0 Å². The second kappa shape index (κ2) is 10.3. The summed E-state index contributed by atoms with van der Waals surface area (Å²) >= 11 is 0. The molecular weight excluding hydrogens is 344 g/mol. The van der Waals surface area contributed by atoms with Gasteiger partial charge in [-0.1, -0.05) is 0 Å². The molecule has 1 aromatic carbocycles. The van der Waals surface area contributed by atoms with Crippen LogP contribution in [-0.2, 0) is 4.79 Å². The molecule has 1 aromatic rings. The summed E-state index contributed by atoms with van der Waals surface area (Å²) in [7, 11) is 1.97. The molecule has 1 fully saturated rings. The van der Waals surface area contributed by atoms with Gasteiger partial charge in [0.1, 0.15) is 0 Å². The van der Waals surface area contributed by atoms with E-state index in [0.717, 1.165) is 38.4 Å². The molecule has 0 spiro atoms. The van der Waals surface area contributed by atoms with Gasteiger partial charge in [0.25, 0.3) is 5.69 Å². The van der Waals surface area contributed by atoms with Crippen molar-refractivity contribution in [2.45, 2.75) is 32.2 Å². The molecule has 140 valence electrons. The summed E-state index contributed by atoms with van der Waals surface area (Å²) < 4.78 is 0. The number of nitrogens with zero attached hydrogens (tertiary/aromatic N) is 2. The minimum absolute atomic E-state index is 0. The summed E-state index contributed by atoms with van der Waals surface area (Å²) in [6.45, 7) is 4.82. The molecule has 1 heterocycles. The molecule has 1 saturated heterocycles. The predicted octanol–water partition coefficient (Wildman–Crippen LogP) is 2.67. The van der Waals surface area contributed by atoms with Crippen LogP contribution >= 0.6 is 12.4 Å². The van der Waals surface area contributed by atoms with Crippen molar-refractivity contribution in [3.05, 3.63) is 34.4 Å². The lowest BCUT2D eigenvalue weighted by Crippen LogP contribution is -2.46. The van der Waals surface area contributed by atoms with Crippen LogP contribution in [0.2, 0.25) is 0 Å². The third kappa shape index (κ3) is 6.26. The van der Waals surface area contributed by atoms with Gasteiger partial charge in [0.2, 0.25) is 5.91 Å². The summed E-state index contributed by atoms with van der Waals surface area (Å²) in [5, 5.41) is 16.7. The highest BCUT2D eigenvalue weighted by Gasteiger charge is 2.26. The normalized spacial score (nSPS) is 16.7. The predicted molar refractivity (Wildman–Crippen MR) is 101 cm³/mol. The molecule has 0 aliphatic carbocycles. The molecule has 0 radical (unpaired) electrons. The fraction of sp³-hybridized carbons (Fsp3) is 0.588. The maximum absolute atomic E-state index is 12.4. The molecule has 1 aliphatic heterocycles. The number of carbonyl (C=O) groups excluding carboxylic acids is 1. The van der Waals surface area contributed by atoms with Gasteiger partial charge in [-0.25, -0.2) is 0 Å². The number of hydrogen-bond acceptors (Lipinski definition) is 5. The minimum Gasteiger partial charge on any atom is -0.325 e. The van der Waals surface area contributed by atoms with E-state index in [1.807, 2.05) is 14.0 Å². The summed E-state index contributed by atoms with van der Waals surface area (Å²) in [6.07, 6.45) is 3.43. The fourth-order valence-electron chi connectivity index (χ4n) is 3.06. The van der Waals surface area contributed by atoms with Crippen LogP contribution in [0.15, 0.2) is 24.3 Å². The molecule has 25 heavy (non-hydrogen) atoms. The first-order chi connectivity index (χ1) is 11.5. The molecule has 7 nitrogen and oxygen atoms in total. The van der Waals surface area contributed by atoms with Crippen molar-refractivity contribution < 1.29 is 9.72 Å². The topological polar surface area (TPSA) is 87.5 Å². The summed E-state index contributed by atoms with van der Waals surface area (Å²) in [5.41, 5.74) is 0.603. The zero-order chi connectivity index (χ0) is 17.5. The first-order valence-corrected chi connectivity index (χ1v) is 8.45. The van der Waals surface area contributed by atoms with Gasteiger partial charge in [-0.3, -0.25) is 19.8 Å². The molecule has 0 bridgehead atoms. The Labute approximate surface area is 154 Å². The lowest BCUT2D eigenvalue weighted by molar-refractivity contribution is -0.384. The van der Waals surface area contributed by atoms with Crippen molar-refractivity contribution in [2.75, 3.05) is 32.0 Å². The SMILES string of the molecule is CNCCC1CCN(C(C)C(=O)Nc2ccc([N+](=O)[O-])cc2)CC1.Cl. The number of nitro groups is 1. The van der Waals surface area contributed by atoms with Crippen molar-refractivity contribution >= 4 is 29.7 Å². The van der Waals surface area contributed by atoms with E-state index in [9.17, 15) is 14.9 Å². The number of anilines is 1. The Balaban J connectivity index is 0.00000312. The Hall–Kier alpha value is -1.70. The zero-order valence-corrected chi connectivity index (χ0v) is 15.6. The Morgan fingerprint density at radius 3 is 2.44 bits per heavy atom. The molecular formula is C17H27ClN4O3. The van der Waals surface area contributed by atoms with Crippen LogP contribution in [0.25, 0.3) is 0 Å². The maximum atomic E-state index is 12.4. The van der Waals surface area contributed by atoms with Gasteiger partial charge >= 0.3 is 0 Å². The number of carbonyl (C=O) groups is 1. The van der Waals surface area contributed by atoms with Crippen molar-refractivity contribution in [3.8, 4) is 0 Å². The number of hydrogen-bond donors (Lipinski definition) is 2. The van der Waals surface area contributed by atoms with Gasteiger partial charge < -0.3 is 10.6 Å². The molecule has 1 amide bonds. The van der Waals surface area contributed by atoms with E-state index in [4.69, 9.17) is 0 Å². The second-order valence-electron chi connectivity index (χ2n) is 6.34. The lowest BCUT2D eigenvalue weighted by atomic mass is 9.93. The van der Waals surface area contributed by atoms with Gasteiger partial charge in [-0.05, 0) is 70.9 Å². The molecule has 0 aromatic heterocycles. The van der Waals surface area contributed by atoms with Crippen molar-refractivity contribution in [2.24, 2.45) is 5.92 Å². The molecule has 1 unspecified atom stereocenters. The average Bonchev–Trinajstić information content (AvgIpc) is 2.60. The third-order valence-electron chi connectivity index (χ3n) is 4.72. The molecule has 1 atom stereocenters. The van der Waals surface area contributed by atoms with E-state index in [2.05, 4.69) is 15.5 Å². The number of nitro benzene ring substituents is 1. The Kier molecular flexibility index (Phi) is 8.82. The number of nitrogens with one attached hydrogen (secondary N) is 2. The summed E-state index contributed by atoms with van der Waals surface area (Å²) in [6, 6.07) is 5.71. The monoisotopic (exact) mass is 370 g/mol.